The summed E-state index contributed by atoms with van der Waals surface area (Å²) in [5.41, 5.74) is 2.05. The normalized spacial score (nSPS) is 7.79. The Morgan fingerprint density at radius 2 is 1.21 bits per heavy atom. The minimum absolute atomic E-state index is 0. The van der Waals surface area contributed by atoms with E-state index in [0.29, 0.717) is 0 Å². The van der Waals surface area contributed by atoms with Crippen LogP contribution in [0.1, 0.15) is 38.8 Å². The van der Waals surface area contributed by atoms with Crippen molar-refractivity contribution in [1.82, 2.24) is 0 Å². The van der Waals surface area contributed by atoms with Crippen molar-refractivity contribution >= 4 is 0 Å². The van der Waals surface area contributed by atoms with Crippen LogP contribution in [0.3, 0.4) is 0 Å². The first-order valence-electron chi connectivity index (χ1n) is 5.60. The van der Waals surface area contributed by atoms with Crippen molar-refractivity contribution in [3.05, 3.63) is 41.8 Å². The Morgan fingerprint density at radius 3 is 1.42 bits per heavy atom. The van der Waals surface area contributed by atoms with Crippen LogP contribution in [0.25, 0.3) is 0 Å². The van der Waals surface area contributed by atoms with Crippen LogP contribution in [0.2, 0.25) is 0 Å². The fourth-order valence-electron chi connectivity index (χ4n) is 0.637. The molecule has 0 fully saturated rings. The predicted octanol–water partition coefficient (Wildman–Crippen LogP) is -1.56. The van der Waals surface area contributed by atoms with Crippen molar-refractivity contribution in [3.8, 4) is 5.92 Å². The Balaban J connectivity index is -0.0000000975. The largest absolute Gasteiger partial charge is 3.00 e. The molecule has 0 aliphatic heterocycles. The monoisotopic (exact) mass is 316 g/mol. The molecule has 1 rings (SSSR count). The van der Waals surface area contributed by atoms with Crippen LogP contribution in [0.15, 0.2) is 24.3 Å². The smallest absolute Gasteiger partial charge is 1.00 e. The number of rotatable bonds is 0. The number of hydrogen-bond donors (Lipinski definition) is 0. The van der Waals surface area contributed by atoms with Crippen molar-refractivity contribution in [2.75, 3.05) is 0 Å². The topological polar surface area (TPSA) is 46.1 Å². The molecule has 0 amide bonds. The Bertz CT molecular complexity index is 304. The number of aryl methyl sites for hydroxylation is 1. The zero-order valence-electron chi connectivity index (χ0n) is 12.2. The van der Waals surface area contributed by atoms with E-state index in [9.17, 15) is 10.2 Å². The summed E-state index contributed by atoms with van der Waals surface area (Å²) in [6.45, 7) is 8.47. The second-order valence-electron chi connectivity index (χ2n) is 4.09. The zero-order chi connectivity index (χ0) is 13.8. The van der Waals surface area contributed by atoms with Gasteiger partial charge in [0.05, 0.1) is 0 Å². The molecule has 2 radical (unpaired) electrons. The van der Waals surface area contributed by atoms with Crippen LogP contribution in [0, 0.1) is 19.3 Å². The molecule has 4 heteroatoms. The van der Waals surface area contributed by atoms with Crippen LogP contribution in [0.5, 0.6) is 0 Å². The average Bonchev–Trinajstić information content (AvgIpc) is 2.17. The van der Waals surface area contributed by atoms with Gasteiger partial charge < -0.3 is 22.6 Å². The summed E-state index contributed by atoms with van der Waals surface area (Å²) in [6, 6.07) is 7.69. The second kappa shape index (κ2) is 17.7. The van der Waals surface area contributed by atoms with Gasteiger partial charge in [0.25, 0.3) is 0 Å². The van der Waals surface area contributed by atoms with Crippen LogP contribution < -0.4 is 22.6 Å². The van der Waals surface area contributed by atoms with Crippen LogP contribution in [-0.4, -0.2) is 12.2 Å². The van der Waals surface area contributed by atoms with Gasteiger partial charge in [-0.15, -0.1) is 12.2 Å². The van der Waals surface area contributed by atoms with Crippen molar-refractivity contribution in [2.24, 2.45) is 0 Å². The Hall–Kier alpha value is -0.296. The van der Waals surface area contributed by atoms with E-state index < -0.39 is 12.2 Å². The SMILES string of the molecule is CC(C)[O-].CC(C)[O-].[C]#Cc1ccc(C)cc1.[Cl-].[Ti+3]. The third-order valence-corrected chi connectivity index (χ3v) is 1.20. The van der Waals surface area contributed by atoms with E-state index >= 15 is 0 Å². The van der Waals surface area contributed by atoms with Gasteiger partial charge in [-0.3, -0.25) is 0 Å². The van der Waals surface area contributed by atoms with Gasteiger partial charge in [0.15, 0.2) is 0 Å². The molecule has 0 unspecified atom stereocenters. The summed E-state index contributed by atoms with van der Waals surface area (Å²) < 4.78 is 0. The molecule has 0 saturated heterocycles. The second-order valence-corrected chi connectivity index (χ2v) is 4.09. The van der Waals surface area contributed by atoms with Crippen molar-refractivity contribution in [3.63, 3.8) is 0 Å². The molecular formula is C15H21ClO2Ti. The maximum absolute atomic E-state index is 9.53. The van der Waals surface area contributed by atoms with Crippen LogP contribution in [0.4, 0.5) is 0 Å². The van der Waals surface area contributed by atoms with E-state index in [4.69, 9.17) is 6.42 Å². The molecule has 0 aliphatic rings. The molecule has 2 nitrogen and oxygen atoms in total. The van der Waals surface area contributed by atoms with Crippen LogP contribution >= 0.6 is 0 Å². The average molecular weight is 317 g/mol. The molecule has 0 atom stereocenters. The van der Waals surface area contributed by atoms with E-state index in [-0.39, 0.29) is 34.1 Å². The zero-order valence-corrected chi connectivity index (χ0v) is 14.5. The van der Waals surface area contributed by atoms with Gasteiger partial charge in [-0.25, -0.2) is 0 Å². The first-order valence-corrected chi connectivity index (χ1v) is 5.60. The minimum Gasteiger partial charge on any atom is -1.00 e. The van der Waals surface area contributed by atoms with E-state index in [2.05, 4.69) is 5.92 Å². The molecule has 0 N–H and O–H groups in total. The Kier molecular flexibility index (Phi) is 25.3. The molecule has 104 valence electrons. The summed E-state index contributed by atoms with van der Waals surface area (Å²) in [6.07, 6.45) is 5.93. The minimum atomic E-state index is -0.417. The molecule has 0 spiro atoms. The van der Waals surface area contributed by atoms with Gasteiger partial charge >= 0.3 is 21.7 Å². The quantitative estimate of drug-likeness (QED) is 0.429. The van der Waals surface area contributed by atoms with E-state index in [1.165, 1.54) is 5.56 Å². The third kappa shape index (κ3) is 31.9. The standard InChI is InChI=1S/C9H7.2C3H7O.ClH.Ti/c1-3-9-6-4-8(2)5-7-9;2*1-3(2)4;;/h4-7H,2H3;2*3H,1-2H3;1H;/q;2*-1;;+3/p-1. The summed E-state index contributed by atoms with van der Waals surface area (Å²) >= 11 is 0. The fourth-order valence-corrected chi connectivity index (χ4v) is 0.637. The molecule has 0 heterocycles. The van der Waals surface area contributed by atoms with Crippen LogP contribution in [-0.2, 0) is 21.7 Å². The van der Waals surface area contributed by atoms with E-state index in [0.717, 1.165) is 5.56 Å². The van der Waals surface area contributed by atoms with Gasteiger partial charge in [-0.2, -0.15) is 0 Å². The summed E-state index contributed by atoms with van der Waals surface area (Å²) in [4.78, 5) is 0. The fraction of sp³-hybridized carbons (Fsp3) is 0.467. The van der Waals surface area contributed by atoms with Gasteiger partial charge in [-0.1, -0.05) is 51.3 Å². The Labute approximate surface area is 138 Å². The molecular weight excluding hydrogens is 295 g/mol. The van der Waals surface area contributed by atoms with Crippen molar-refractivity contribution in [1.29, 1.82) is 0 Å². The maximum atomic E-state index is 9.53. The van der Waals surface area contributed by atoms with Gasteiger partial charge in [0.1, 0.15) is 0 Å². The number of hydrogen-bond acceptors (Lipinski definition) is 2. The van der Waals surface area contributed by atoms with Gasteiger partial charge in [0.2, 0.25) is 0 Å². The molecule has 0 bridgehead atoms. The van der Waals surface area contributed by atoms with Crippen molar-refractivity contribution < 1.29 is 44.3 Å². The summed E-state index contributed by atoms with van der Waals surface area (Å²) in [5, 5.41) is 19.1. The predicted molar refractivity (Wildman–Crippen MR) is 67.7 cm³/mol. The maximum Gasteiger partial charge on any atom is 3.00 e. The molecule has 1 aromatic rings. The molecule has 0 aromatic heterocycles. The molecule has 0 saturated carbocycles. The van der Waals surface area contributed by atoms with E-state index in [1.807, 2.05) is 31.2 Å². The summed E-state index contributed by atoms with van der Waals surface area (Å²) in [5.74, 6) is 2.30. The third-order valence-electron chi connectivity index (χ3n) is 1.20. The molecule has 0 aliphatic carbocycles. The Morgan fingerprint density at radius 1 is 0.947 bits per heavy atom. The van der Waals surface area contributed by atoms with Crippen molar-refractivity contribution in [2.45, 2.75) is 46.8 Å². The number of halogens is 1. The molecule has 1 aromatic carbocycles. The van der Waals surface area contributed by atoms with E-state index in [1.54, 1.807) is 27.7 Å². The first-order chi connectivity index (χ1) is 7.79. The first kappa shape index (κ1) is 27.1. The van der Waals surface area contributed by atoms with Gasteiger partial charge in [0, 0.05) is 5.56 Å². The number of benzene rings is 1. The molecule has 19 heavy (non-hydrogen) atoms. The van der Waals surface area contributed by atoms with Gasteiger partial charge in [-0.05, 0) is 25.5 Å². The summed E-state index contributed by atoms with van der Waals surface area (Å²) in [7, 11) is 0.